The molecular weight excluding hydrogens is 263 g/mol. The maximum absolute atomic E-state index is 14.1. The highest BCUT2D eigenvalue weighted by atomic mass is 19.1. The van der Waals surface area contributed by atoms with Crippen LogP contribution < -0.4 is 10.2 Å². The first-order valence-corrected chi connectivity index (χ1v) is 6.28. The first-order chi connectivity index (χ1) is 9.56. The minimum absolute atomic E-state index is 0.126. The van der Waals surface area contributed by atoms with Crippen LogP contribution in [0.15, 0.2) is 24.3 Å². The van der Waals surface area contributed by atoms with E-state index in [1.807, 2.05) is 0 Å². The molecule has 0 aromatic heterocycles. The Hall–Kier alpha value is -2.37. The van der Waals surface area contributed by atoms with Crippen LogP contribution in [0.2, 0.25) is 0 Å². The van der Waals surface area contributed by atoms with Gasteiger partial charge in [-0.25, -0.2) is 9.18 Å². The van der Waals surface area contributed by atoms with Crippen molar-refractivity contribution in [2.24, 2.45) is 0 Å². The van der Waals surface area contributed by atoms with Crippen LogP contribution in [0.4, 0.5) is 10.1 Å². The normalized spacial score (nSPS) is 16.1. The number of carbonyl (C=O) groups is 2. The van der Waals surface area contributed by atoms with Gasteiger partial charge in [0.25, 0.3) is 0 Å². The predicted octanol–water partition coefficient (Wildman–Crippen LogP) is 1.25. The monoisotopic (exact) mass is 278 g/mol. The Morgan fingerprint density at radius 1 is 1.45 bits per heavy atom. The summed E-state index contributed by atoms with van der Waals surface area (Å²) >= 11 is 0. The van der Waals surface area contributed by atoms with Crippen molar-refractivity contribution in [1.29, 1.82) is 0 Å². The third kappa shape index (κ3) is 3.57. The predicted molar refractivity (Wildman–Crippen MR) is 72.9 cm³/mol. The first kappa shape index (κ1) is 14.0. The molecule has 2 N–H and O–H groups in total. The van der Waals surface area contributed by atoms with Crippen LogP contribution in [0.5, 0.6) is 0 Å². The summed E-state index contributed by atoms with van der Waals surface area (Å²) in [4.78, 5) is 23.6. The lowest BCUT2D eigenvalue weighted by atomic mass is 10.1. The van der Waals surface area contributed by atoms with Crippen molar-refractivity contribution in [3.05, 3.63) is 35.7 Å². The molecule has 1 aromatic rings. The van der Waals surface area contributed by atoms with E-state index in [2.05, 4.69) is 5.32 Å². The van der Waals surface area contributed by atoms with Gasteiger partial charge >= 0.3 is 5.97 Å². The average molecular weight is 278 g/mol. The molecule has 106 valence electrons. The van der Waals surface area contributed by atoms with Gasteiger partial charge < -0.3 is 15.3 Å². The highest BCUT2D eigenvalue weighted by Gasteiger charge is 2.17. The van der Waals surface area contributed by atoms with Crippen molar-refractivity contribution in [2.45, 2.75) is 6.42 Å². The van der Waals surface area contributed by atoms with Gasteiger partial charge in [0.05, 0.1) is 12.2 Å². The summed E-state index contributed by atoms with van der Waals surface area (Å²) in [6, 6.07) is 4.45. The van der Waals surface area contributed by atoms with E-state index in [4.69, 9.17) is 5.11 Å². The number of hydrogen-bond donors (Lipinski definition) is 2. The number of benzene rings is 1. The maximum Gasteiger partial charge on any atom is 0.328 e. The van der Waals surface area contributed by atoms with Crippen molar-refractivity contribution >= 4 is 23.6 Å². The Bertz CT molecular complexity index is 557. The maximum atomic E-state index is 14.1. The van der Waals surface area contributed by atoms with E-state index in [1.54, 1.807) is 17.0 Å². The molecule has 1 aliphatic heterocycles. The Morgan fingerprint density at radius 2 is 2.25 bits per heavy atom. The molecule has 0 spiro atoms. The molecule has 1 aromatic carbocycles. The molecule has 6 heteroatoms. The first-order valence-electron chi connectivity index (χ1n) is 6.28. The van der Waals surface area contributed by atoms with Crippen LogP contribution in [-0.2, 0) is 9.59 Å². The molecule has 5 nitrogen and oxygen atoms in total. The second-order valence-electron chi connectivity index (χ2n) is 4.51. The van der Waals surface area contributed by atoms with Crippen LogP contribution >= 0.6 is 0 Å². The Morgan fingerprint density at radius 3 is 2.95 bits per heavy atom. The summed E-state index contributed by atoms with van der Waals surface area (Å²) in [5, 5.41) is 11.3. The fourth-order valence-corrected chi connectivity index (χ4v) is 2.06. The zero-order valence-electron chi connectivity index (χ0n) is 10.8. The quantitative estimate of drug-likeness (QED) is 0.816. The molecule has 0 aliphatic carbocycles. The van der Waals surface area contributed by atoms with Crippen LogP contribution in [0.3, 0.4) is 0 Å². The van der Waals surface area contributed by atoms with Gasteiger partial charge in [-0.05, 0) is 30.2 Å². The Labute approximate surface area is 115 Å². The number of aliphatic carboxylic acids is 1. The lowest BCUT2D eigenvalue weighted by Crippen LogP contribution is -2.33. The third-order valence-electron chi connectivity index (χ3n) is 2.99. The van der Waals surface area contributed by atoms with Crippen molar-refractivity contribution in [3.63, 3.8) is 0 Å². The van der Waals surface area contributed by atoms with Crippen LogP contribution in [0, 0.1) is 5.82 Å². The highest BCUT2D eigenvalue weighted by molar-refractivity contribution is 5.85. The summed E-state index contributed by atoms with van der Waals surface area (Å²) < 4.78 is 14.1. The highest BCUT2D eigenvalue weighted by Crippen LogP contribution is 2.22. The zero-order chi connectivity index (χ0) is 14.5. The summed E-state index contributed by atoms with van der Waals surface area (Å²) in [6.07, 6.45) is 3.03. The van der Waals surface area contributed by atoms with Crippen molar-refractivity contribution in [1.82, 2.24) is 5.32 Å². The van der Waals surface area contributed by atoms with Gasteiger partial charge in [0.15, 0.2) is 0 Å². The van der Waals surface area contributed by atoms with Gasteiger partial charge in [-0.1, -0.05) is 6.07 Å². The molecule has 0 radical (unpaired) electrons. The van der Waals surface area contributed by atoms with Crippen LogP contribution in [0.25, 0.3) is 6.08 Å². The molecule has 2 rings (SSSR count). The van der Waals surface area contributed by atoms with Crippen molar-refractivity contribution < 1.29 is 19.1 Å². The molecule has 1 saturated heterocycles. The summed E-state index contributed by atoms with van der Waals surface area (Å²) in [6.45, 7) is 1.32. The number of nitrogens with one attached hydrogen (secondary N) is 1. The van der Waals surface area contributed by atoms with Crippen molar-refractivity contribution in [3.8, 4) is 0 Å². The zero-order valence-corrected chi connectivity index (χ0v) is 10.8. The third-order valence-corrected chi connectivity index (χ3v) is 2.99. The number of carboxylic acid groups (broad SMARTS) is 1. The SMILES string of the molecule is O=C(O)C=Cc1ccc(N2CCCNC(=O)C2)c(F)c1. The molecule has 0 atom stereocenters. The Balaban J connectivity index is 2.20. The van der Waals surface area contributed by atoms with E-state index in [0.29, 0.717) is 24.3 Å². The Kier molecular flexibility index (Phi) is 4.34. The van der Waals surface area contributed by atoms with Gasteiger partial charge in [0, 0.05) is 19.2 Å². The van der Waals surface area contributed by atoms with E-state index in [9.17, 15) is 14.0 Å². The number of rotatable bonds is 3. The molecule has 1 amide bonds. The van der Waals surface area contributed by atoms with E-state index < -0.39 is 11.8 Å². The number of halogens is 1. The minimum atomic E-state index is -1.08. The summed E-state index contributed by atoms with van der Waals surface area (Å²) in [5.41, 5.74) is 0.822. The molecule has 0 saturated carbocycles. The average Bonchev–Trinajstić information content (AvgIpc) is 2.61. The van der Waals surface area contributed by atoms with E-state index >= 15 is 0 Å². The minimum Gasteiger partial charge on any atom is -0.478 e. The fourth-order valence-electron chi connectivity index (χ4n) is 2.06. The molecule has 1 aliphatic rings. The molecule has 0 unspecified atom stereocenters. The number of nitrogens with zero attached hydrogens (tertiary/aromatic N) is 1. The fraction of sp³-hybridized carbons (Fsp3) is 0.286. The van der Waals surface area contributed by atoms with Gasteiger partial charge in [-0.2, -0.15) is 0 Å². The molecule has 1 heterocycles. The number of hydrogen-bond acceptors (Lipinski definition) is 3. The largest absolute Gasteiger partial charge is 0.478 e. The molecular formula is C14H15FN2O3. The topological polar surface area (TPSA) is 69.6 Å². The molecule has 1 fully saturated rings. The molecule has 20 heavy (non-hydrogen) atoms. The molecule has 0 bridgehead atoms. The second kappa shape index (κ2) is 6.18. The van der Waals surface area contributed by atoms with E-state index in [-0.39, 0.29) is 12.5 Å². The standard InChI is InChI=1S/C14H15FN2O3/c15-11-8-10(3-5-14(19)20)2-4-12(11)17-7-1-6-16-13(18)9-17/h2-5,8H,1,6-7,9H2,(H,16,18)(H,19,20). The second-order valence-corrected chi connectivity index (χ2v) is 4.51. The van der Waals surface area contributed by atoms with E-state index in [0.717, 1.165) is 12.5 Å². The van der Waals surface area contributed by atoms with Gasteiger partial charge in [0.2, 0.25) is 5.91 Å². The van der Waals surface area contributed by atoms with E-state index in [1.165, 1.54) is 12.1 Å². The summed E-state index contributed by atoms with van der Waals surface area (Å²) in [5.74, 6) is -1.68. The van der Waals surface area contributed by atoms with Gasteiger partial charge in [-0.3, -0.25) is 4.79 Å². The van der Waals surface area contributed by atoms with Crippen LogP contribution in [-0.4, -0.2) is 36.6 Å². The number of amides is 1. The van der Waals surface area contributed by atoms with Gasteiger partial charge in [0.1, 0.15) is 5.82 Å². The summed E-state index contributed by atoms with van der Waals surface area (Å²) in [7, 11) is 0. The lowest BCUT2D eigenvalue weighted by Gasteiger charge is -2.22. The van der Waals surface area contributed by atoms with Crippen molar-refractivity contribution in [2.75, 3.05) is 24.5 Å². The number of carboxylic acids is 1. The smallest absolute Gasteiger partial charge is 0.328 e. The van der Waals surface area contributed by atoms with Crippen LogP contribution in [0.1, 0.15) is 12.0 Å². The van der Waals surface area contributed by atoms with Gasteiger partial charge in [-0.15, -0.1) is 0 Å². The lowest BCUT2D eigenvalue weighted by molar-refractivity contribution is -0.131. The number of anilines is 1. The number of carbonyl (C=O) groups excluding carboxylic acids is 1.